The molecule has 0 aromatic carbocycles. The first-order chi connectivity index (χ1) is 30.4. The van der Waals surface area contributed by atoms with Gasteiger partial charge in [0.25, 0.3) is 0 Å². The molecule has 0 rings (SSSR count). The van der Waals surface area contributed by atoms with Crippen LogP contribution in [-0.2, 0) is 28.0 Å². The van der Waals surface area contributed by atoms with Gasteiger partial charge in [0.05, 0.1) is 11.4 Å². The summed E-state index contributed by atoms with van der Waals surface area (Å²) in [5.41, 5.74) is 0. The highest BCUT2D eigenvalue weighted by atomic mass is 32.7. The number of carbonyl (C=O) groups excluding carboxylic acids is 3. The van der Waals surface area contributed by atoms with E-state index in [1.807, 2.05) is 0 Å². The van der Waals surface area contributed by atoms with Crippen molar-refractivity contribution >= 4 is 35.2 Å². The predicted octanol–water partition coefficient (Wildman–Crippen LogP) is 19.6. The Labute approximate surface area is 388 Å². The quantitative estimate of drug-likeness (QED) is 0.0341. The molecule has 0 fully saturated rings. The first-order valence-electron chi connectivity index (χ1n) is 26.6. The molecule has 0 aliphatic heterocycles. The summed E-state index contributed by atoms with van der Waals surface area (Å²) in [4.78, 5) is 38.6. The Balaban J connectivity index is 4.56. The largest absolute Gasteiger partial charge is 0.504 e. The van der Waals surface area contributed by atoms with E-state index in [9.17, 15) is 18.9 Å². The molecule has 0 aromatic rings. The Hall–Kier alpha value is -1.59. The molecule has 0 unspecified atom stereocenters. The van der Waals surface area contributed by atoms with E-state index in [0.29, 0.717) is 30.6 Å². The van der Waals surface area contributed by atoms with Gasteiger partial charge in [-0.25, -0.2) is 4.57 Å². The van der Waals surface area contributed by atoms with Gasteiger partial charge in [-0.3, -0.25) is 14.4 Å². The minimum atomic E-state index is -4.31. The highest BCUT2D eigenvalue weighted by molar-refractivity contribution is 8.62. The van der Waals surface area contributed by atoms with E-state index < -0.39 is 18.7 Å². The van der Waals surface area contributed by atoms with Crippen LogP contribution < -0.4 is 0 Å². The molecule has 0 heterocycles. The van der Waals surface area contributed by atoms with Crippen molar-refractivity contribution in [1.29, 1.82) is 0 Å². The van der Waals surface area contributed by atoms with Crippen LogP contribution in [0.4, 0.5) is 0 Å². The second-order valence-corrected chi connectivity index (χ2v) is 21.6. The fraction of sp³-hybridized carbons (Fsp3) is 0.833. The molecule has 0 saturated heterocycles. The molecule has 0 N–H and O–H groups in total. The first-order valence-corrected chi connectivity index (χ1v) is 29.6. The summed E-state index contributed by atoms with van der Waals surface area (Å²) in [5, 5.41) is -0.353. The molecule has 0 aromatic heterocycles. The minimum absolute atomic E-state index is 0.0942. The van der Waals surface area contributed by atoms with Crippen molar-refractivity contribution in [2.75, 3.05) is 0 Å². The third-order valence-electron chi connectivity index (χ3n) is 11.6. The van der Waals surface area contributed by atoms with Crippen LogP contribution >= 0.6 is 18.2 Å². The molecule has 362 valence electrons. The molecular formula is C54H99O6PS. The van der Waals surface area contributed by atoms with Crippen LogP contribution in [0.5, 0.6) is 0 Å². The highest BCUT2D eigenvalue weighted by Crippen LogP contribution is 2.62. The topological polar surface area (TPSA) is 86.7 Å². The normalized spacial score (nSPS) is 12.8. The van der Waals surface area contributed by atoms with E-state index in [0.717, 1.165) is 96.3 Å². The highest BCUT2D eigenvalue weighted by Gasteiger charge is 2.37. The fourth-order valence-electron chi connectivity index (χ4n) is 7.59. The Morgan fingerprint density at radius 2 is 0.565 bits per heavy atom. The third-order valence-corrected chi connectivity index (χ3v) is 14.8. The van der Waals surface area contributed by atoms with Gasteiger partial charge < -0.3 is 9.05 Å². The Morgan fingerprint density at radius 3 is 0.839 bits per heavy atom. The van der Waals surface area contributed by atoms with Crippen LogP contribution in [-0.4, -0.2) is 17.1 Å². The zero-order chi connectivity index (χ0) is 45.3. The zero-order valence-corrected chi connectivity index (χ0v) is 42.7. The summed E-state index contributed by atoms with van der Waals surface area (Å²) in [6.07, 6.45) is 59.3. The monoisotopic (exact) mass is 907 g/mol. The van der Waals surface area contributed by atoms with Crippen molar-refractivity contribution in [3.8, 4) is 0 Å². The van der Waals surface area contributed by atoms with E-state index in [-0.39, 0.29) is 24.4 Å². The lowest BCUT2D eigenvalue weighted by molar-refractivity contribution is -0.138. The van der Waals surface area contributed by atoms with E-state index >= 15 is 0 Å². The van der Waals surface area contributed by atoms with E-state index in [2.05, 4.69) is 57.2 Å². The number of rotatable bonds is 48. The number of hydrogen-bond donors (Lipinski definition) is 0. The van der Waals surface area contributed by atoms with Crippen LogP contribution in [0.1, 0.15) is 290 Å². The summed E-state index contributed by atoms with van der Waals surface area (Å²) < 4.78 is 24.5. The smallest absolute Gasteiger partial charge is 0.375 e. The van der Waals surface area contributed by atoms with Crippen molar-refractivity contribution < 1.29 is 28.0 Å². The number of allylic oxidation sites excluding steroid dienone is 6. The lowest BCUT2D eigenvalue weighted by Gasteiger charge is -2.16. The van der Waals surface area contributed by atoms with Crippen LogP contribution in [0.25, 0.3) is 0 Å². The summed E-state index contributed by atoms with van der Waals surface area (Å²) in [6, 6.07) is 0. The molecule has 0 spiro atoms. The van der Waals surface area contributed by atoms with Crippen molar-refractivity contribution in [3.63, 3.8) is 0 Å². The molecule has 0 aliphatic carbocycles. The van der Waals surface area contributed by atoms with Crippen LogP contribution in [0.3, 0.4) is 0 Å². The van der Waals surface area contributed by atoms with Gasteiger partial charge in [-0.05, 0) is 96.3 Å². The number of hydrogen-bond acceptors (Lipinski definition) is 7. The first kappa shape index (κ1) is 60.4. The summed E-state index contributed by atoms with van der Waals surface area (Å²) >= 11 is 0.426. The lowest BCUT2D eigenvalue weighted by Crippen LogP contribution is -2.09. The third kappa shape index (κ3) is 46.4. The lowest BCUT2D eigenvalue weighted by atomic mass is 10.1. The van der Waals surface area contributed by atoms with Gasteiger partial charge in [0.1, 0.15) is 0 Å². The molecule has 62 heavy (non-hydrogen) atoms. The Morgan fingerprint density at radius 1 is 0.339 bits per heavy atom. The second kappa shape index (κ2) is 48.9. The van der Waals surface area contributed by atoms with Crippen molar-refractivity contribution in [1.82, 2.24) is 0 Å². The predicted molar refractivity (Wildman–Crippen MR) is 271 cm³/mol. The van der Waals surface area contributed by atoms with E-state index in [4.69, 9.17) is 9.05 Å². The number of unbranched alkanes of at least 4 members (excludes halogenated alkanes) is 33. The molecule has 0 bridgehead atoms. The maximum Gasteiger partial charge on any atom is 0.504 e. The van der Waals surface area contributed by atoms with Gasteiger partial charge in [0.15, 0.2) is 0 Å². The average molecular weight is 907 g/mol. The van der Waals surface area contributed by atoms with Gasteiger partial charge in [0, 0.05) is 19.3 Å². The maximum absolute atomic E-state index is 13.8. The summed E-state index contributed by atoms with van der Waals surface area (Å²) in [5.74, 6) is -1.33. The molecule has 0 aliphatic rings. The summed E-state index contributed by atoms with van der Waals surface area (Å²) in [7, 11) is 0. The Kier molecular flexibility index (Phi) is 47.6. The fourth-order valence-corrected chi connectivity index (χ4v) is 10.6. The zero-order valence-electron chi connectivity index (χ0n) is 41.0. The SMILES string of the molecule is CCCCCCCCC=CCCCCCCCC(=O)OP(=O)(OC(=O)CCCCCCCC=CCCCCCCCC)SC(=O)CCCCCCCC=CCCCCCCCC. The van der Waals surface area contributed by atoms with Crippen LogP contribution in [0.2, 0.25) is 0 Å². The molecule has 0 atom stereocenters. The molecule has 0 radical (unpaired) electrons. The van der Waals surface area contributed by atoms with Gasteiger partial charge in [-0.2, -0.15) is 0 Å². The second-order valence-electron chi connectivity index (χ2n) is 17.8. The number of carbonyl (C=O) groups is 3. The van der Waals surface area contributed by atoms with Crippen molar-refractivity contribution in [2.45, 2.75) is 290 Å². The molecule has 8 heteroatoms. The average Bonchev–Trinajstić information content (AvgIpc) is 3.24. The van der Waals surface area contributed by atoms with Crippen molar-refractivity contribution in [3.05, 3.63) is 36.5 Å². The van der Waals surface area contributed by atoms with Gasteiger partial charge in [0.2, 0.25) is 5.12 Å². The Bertz CT molecular complexity index is 1010. The molecular weight excluding hydrogens is 808 g/mol. The van der Waals surface area contributed by atoms with Crippen LogP contribution in [0.15, 0.2) is 36.5 Å². The van der Waals surface area contributed by atoms with Gasteiger partial charge in [-0.15, -0.1) is 0 Å². The van der Waals surface area contributed by atoms with E-state index in [1.165, 1.54) is 135 Å². The van der Waals surface area contributed by atoms with E-state index in [1.54, 1.807) is 0 Å². The standard InChI is InChI=1S/C54H99O6PS/c1-4-7-10-13-16-19-22-25-28-31-34-37-40-43-46-49-52(55)59-61(58,60-53(56)50-47-44-41-38-35-32-29-26-23-20-17-14-11-8-5-2)62-54(57)51-48-45-42-39-36-33-30-27-24-21-18-15-12-9-6-3/h25-30H,4-24,31-51H2,1-3H3. The minimum Gasteiger partial charge on any atom is -0.375 e. The van der Waals surface area contributed by atoms with Crippen LogP contribution in [0, 0.1) is 0 Å². The molecule has 0 saturated carbocycles. The van der Waals surface area contributed by atoms with Crippen molar-refractivity contribution in [2.24, 2.45) is 0 Å². The molecule has 0 amide bonds. The van der Waals surface area contributed by atoms with Gasteiger partial charge in [-0.1, -0.05) is 211 Å². The van der Waals surface area contributed by atoms with Gasteiger partial charge >= 0.3 is 18.7 Å². The summed E-state index contributed by atoms with van der Waals surface area (Å²) in [6.45, 7) is 2.45. The molecule has 6 nitrogen and oxygen atoms in total. The maximum atomic E-state index is 13.8.